The molecule has 0 saturated carbocycles. The Morgan fingerprint density at radius 1 is 0.939 bits per heavy atom. The molecule has 3 aromatic carbocycles. The Kier molecular flexibility index (Phi) is 6.54. The van der Waals surface area contributed by atoms with Gasteiger partial charge in [-0.15, -0.1) is 0 Å². The van der Waals surface area contributed by atoms with E-state index in [2.05, 4.69) is 59.5 Å². The fourth-order valence-corrected chi connectivity index (χ4v) is 5.53. The highest BCUT2D eigenvalue weighted by molar-refractivity contribution is 5.53. The monoisotopic (exact) mass is 443 g/mol. The van der Waals surface area contributed by atoms with Crippen molar-refractivity contribution in [2.45, 2.75) is 37.5 Å². The Labute approximate surface area is 196 Å². The minimum atomic E-state index is 0.198. The van der Waals surface area contributed by atoms with Crippen LogP contribution >= 0.6 is 0 Å². The van der Waals surface area contributed by atoms with Gasteiger partial charge in [-0.25, -0.2) is 0 Å². The number of nitrogens with zero attached hydrogens (tertiary/aromatic N) is 1. The summed E-state index contributed by atoms with van der Waals surface area (Å²) >= 11 is 0. The van der Waals surface area contributed by atoms with Crippen LogP contribution in [0.25, 0.3) is 0 Å². The highest BCUT2D eigenvalue weighted by atomic mass is 16.5. The molecule has 0 bridgehead atoms. The van der Waals surface area contributed by atoms with E-state index >= 15 is 0 Å². The molecule has 3 aromatic rings. The molecule has 0 amide bonds. The van der Waals surface area contributed by atoms with Crippen molar-refractivity contribution in [1.82, 2.24) is 4.90 Å². The molecule has 4 nitrogen and oxygen atoms in total. The van der Waals surface area contributed by atoms with Gasteiger partial charge in [0.15, 0.2) is 11.5 Å². The van der Waals surface area contributed by atoms with Gasteiger partial charge in [0.1, 0.15) is 12.4 Å². The van der Waals surface area contributed by atoms with Crippen LogP contribution in [0.5, 0.6) is 17.2 Å². The van der Waals surface area contributed by atoms with Gasteiger partial charge in [0.2, 0.25) is 0 Å². The van der Waals surface area contributed by atoms with Gasteiger partial charge >= 0.3 is 0 Å². The van der Waals surface area contributed by atoms with E-state index in [-0.39, 0.29) is 11.7 Å². The summed E-state index contributed by atoms with van der Waals surface area (Å²) in [4.78, 5) is 2.47. The lowest BCUT2D eigenvalue weighted by atomic mass is 9.69. The third-order valence-electron chi connectivity index (χ3n) is 7.24. The van der Waals surface area contributed by atoms with E-state index < -0.39 is 0 Å². The molecule has 1 aliphatic heterocycles. The molecule has 0 aromatic heterocycles. The van der Waals surface area contributed by atoms with Gasteiger partial charge < -0.3 is 14.6 Å². The molecule has 172 valence electrons. The lowest BCUT2D eigenvalue weighted by molar-refractivity contribution is 0.237. The molecular formula is C29H33NO3. The van der Waals surface area contributed by atoms with E-state index in [1.165, 1.54) is 48.2 Å². The van der Waals surface area contributed by atoms with Crippen LogP contribution in [0.15, 0.2) is 66.7 Å². The van der Waals surface area contributed by atoms with Crippen LogP contribution in [0.1, 0.15) is 53.4 Å². The quantitative estimate of drug-likeness (QED) is 0.506. The van der Waals surface area contributed by atoms with Gasteiger partial charge in [-0.2, -0.15) is 0 Å². The van der Waals surface area contributed by atoms with Crippen molar-refractivity contribution in [3.8, 4) is 17.2 Å². The fourth-order valence-electron chi connectivity index (χ4n) is 5.53. The molecule has 1 saturated heterocycles. The van der Waals surface area contributed by atoms with E-state index in [9.17, 15) is 5.11 Å². The number of hydrogen-bond donors (Lipinski definition) is 1. The highest BCUT2D eigenvalue weighted by Crippen LogP contribution is 2.48. The maximum Gasteiger partial charge on any atom is 0.160 e. The van der Waals surface area contributed by atoms with E-state index in [4.69, 9.17) is 9.47 Å². The number of likely N-dealkylation sites (tertiary alicyclic amines) is 1. The van der Waals surface area contributed by atoms with Crippen molar-refractivity contribution in [2.24, 2.45) is 0 Å². The third-order valence-corrected chi connectivity index (χ3v) is 7.24. The Morgan fingerprint density at radius 3 is 2.42 bits per heavy atom. The third kappa shape index (κ3) is 4.72. The van der Waals surface area contributed by atoms with Crippen LogP contribution in [0, 0.1) is 0 Å². The van der Waals surface area contributed by atoms with Crippen molar-refractivity contribution in [1.29, 1.82) is 0 Å². The number of hydrogen-bond acceptors (Lipinski definition) is 4. The van der Waals surface area contributed by atoms with Crippen LogP contribution in [-0.2, 0) is 6.42 Å². The summed E-state index contributed by atoms with van der Waals surface area (Å²) in [5, 5.41) is 10.4. The van der Waals surface area contributed by atoms with Crippen molar-refractivity contribution in [2.75, 3.05) is 33.4 Å². The maximum atomic E-state index is 10.4. The molecular weight excluding hydrogens is 410 g/mol. The number of rotatable bonds is 7. The standard InChI is InChI=1S/C29H33NO3/c1-32-28-20-26-23(19-27(28)31)11-14-25(21-7-3-2-4-8-21)29(26)22-9-12-24(13-10-22)33-18-17-30-15-5-6-16-30/h2-4,7-10,12-13,19-20,25,29,31H,5-6,11,14-18H2,1H3/t25-,29+/m1/s1. The molecule has 5 rings (SSSR count). The van der Waals surface area contributed by atoms with E-state index in [1.54, 1.807) is 7.11 Å². The van der Waals surface area contributed by atoms with E-state index in [0.717, 1.165) is 31.7 Å². The van der Waals surface area contributed by atoms with Gasteiger partial charge in [0.25, 0.3) is 0 Å². The zero-order valence-electron chi connectivity index (χ0n) is 19.4. The van der Waals surface area contributed by atoms with Gasteiger partial charge in [-0.05, 0) is 91.2 Å². The van der Waals surface area contributed by atoms with Gasteiger partial charge in [0.05, 0.1) is 7.11 Å². The molecule has 1 aliphatic carbocycles. The number of ether oxygens (including phenoxy) is 2. The Hall–Kier alpha value is -2.98. The van der Waals surface area contributed by atoms with Crippen LogP contribution < -0.4 is 9.47 Å². The average Bonchev–Trinajstić information content (AvgIpc) is 3.37. The largest absolute Gasteiger partial charge is 0.504 e. The molecule has 1 heterocycles. The van der Waals surface area contributed by atoms with Crippen LogP contribution in [0.2, 0.25) is 0 Å². The van der Waals surface area contributed by atoms with Gasteiger partial charge in [-0.3, -0.25) is 4.90 Å². The fraction of sp³-hybridized carbons (Fsp3) is 0.379. The van der Waals surface area contributed by atoms with Gasteiger partial charge in [0, 0.05) is 12.5 Å². The first-order valence-corrected chi connectivity index (χ1v) is 12.1. The summed E-state index contributed by atoms with van der Waals surface area (Å²) in [6, 6.07) is 23.3. The molecule has 1 fully saturated rings. The summed E-state index contributed by atoms with van der Waals surface area (Å²) in [5.41, 5.74) is 5.07. The van der Waals surface area contributed by atoms with Crippen molar-refractivity contribution in [3.05, 3.63) is 89.0 Å². The number of methoxy groups -OCH3 is 1. The zero-order chi connectivity index (χ0) is 22.6. The first-order chi connectivity index (χ1) is 16.2. The average molecular weight is 444 g/mol. The molecule has 0 spiro atoms. The predicted molar refractivity (Wildman–Crippen MR) is 132 cm³/mol. The number of aromatic hydroxyl groups is 1. The Morgan fingerprint density at radius 2 is 1.70 bits per heavy atom. The second kappa shape index (κ2) is 9.88. The minimum absolute atomic E-state index is 0.198. The lowest BCUT2D eigenvalue weighted by Crippen LogP contribution is -2.25. The van der Waals surface area contributed by atoms with Crippen LogP contribution in [-0.4, -0.2) is 43.4 Å². The van der Waals surface area contributed by atoms with Crippen LogP contribution in [0.3, 0.4) is 0 Å². The minimum Gasteiger partial charge on any atom is -0.504 e. The lowest BCUT2D eigenvalue weighted by Gasteiger charge is -2.35. The van der Waals surface area contributed by atoms with Gasteiger partial charge in [-0.1, -0.05) is 42.5 Å². The number of benzene rings is 3. The smallest absolute Gasteiger partial charge is 0.160 e. The number of aryl methyl sites for hydroxylation is 1. The van der Waals surface area contributed by atoms with E-state index in [0.29, 0.717) is 11.7 Å². The summed E-state index contributed by atoms with van der Waals surface area (Å²) in [7, 11) is 1.61. The van der Waals surface area contributed by atoms with Crippen molar-refractivity contribution < 1.29 is 14.6 Å². The van der Waals surface area contributed by atoms with Crippen molar-refractivity contribution >= 4 is 0 Å². The second-order valence-electron chi connectivity index (χ2n) is 9.22. The molecule has 1 N–H and O–H groups in total. The van der Waals surface area contributed by atoms with Crippen molar-refractivity contribution in [3.63, 3.8) is 0 Å². The second-order valence-corrected chi connectivity index (χ2v) is 9.22. The predicted octanol–water partition coefficient (Wildman–Crippen LogP) is 5.74. The molecule has 0 radical (unpaired) electrons. The molecule has 2 aliphatic rings. The Balaban J connectivity index is 1.42. The van der Waals surface area contributed by atoms with E-state index in [1.807, 2.05) is 12.1 Å². The SMILES string of the molecule is COc1cc2c(cc1O)CC[C@H](c1ccccc1)[C@@H]2c1ccc(OCCN2CCCC2)cc1. The Bertz CT molecular complexity index is 1060. The first-order valence-electron chi connectivity index (χ1n) is 12.1. The molecule has 2 atom stereocenters. The normalized spacial score (nSPS) is 20.4. The highest BCUT2D eigenvalue weighted by Gasteiger charge is 2.33. The van der Waals surface area contributed by atoms with Crippen LogP contribution in [0.4, 0.5) is 0 Å². The first kappa shape index (κ1) is 21.8. The zero-order valence-corrected chi connectivity index (χ0v) is 19.4. The number of fused-ring (bicyclic) bond motifs is 1. The topological polar surface area (TPSA) is 41.9 Å². The summed E-state index contributed by atoms with van der Waals surface area (Å²) < 4.78 is 11.5. The summed E-state index contributed by atoms with van der Waals surface area (Å²) in [6.45, 7) is 4.12. The maximum absolute atomic E-state index is 10.4. The summed E-state index contributed by atoms with van der Waals surface area (Å²) in [6.07, 6.45) is 4.60. The number of phenols is 1. The molecule has 0 unspecified atom stereocenters. The number of phenolic OH excluding ortho intramolecular Hbond substituents is 1. The molecule has 33 heavy (non-hydrogen) atoms. The molecule has 4 heteroatoms. The summed E-state index contributed by atoms with van der Waals surface area (Å²) in [5.74, 6) is 2.25.